The molecule has 3 heterocycles. The van der Waals surface area contributed by atoms with Gasteiger partial charge >= 0.3 is 0 Å². The highest BCUT2D eigenvalue weighted by Gasteiger charge is 2.50. The molecule has 2 atom stereocenters. The highest BCUT2D eigenvalue weighted by Crippen LogP contribution is 2.45. The molecule has 1 aliphatic heterocycles. The fraction of sp³-hybridized carbons (Fsp3) is 0.455. The molecule has 6 nitrogen and oxygen atoms in total. The van der Waals surface area contributed by atoms with Crippen LogP contribution in [0.3, 0.4) is 0 Å². The summed E-state index contributed by atoms with van der Waals surface area (Å²) in [6.07, 6.45) is 4.22. The second-order valence-corrected chi connectivity index (χ2v) is 8.06. The summed E-state index contributed by atoms with van der Waals surface area (Å²) < 4.78 is 0. The van der Waals surface area contributed by atoms with Crippen molar-refractivity contribution in [2.24, 2.45) is 5.41 Å². The van der Waals surface area contributed by atoms with Gasteiger partial charge in [0.15, 0.2) is 0 Å². The molecule has 28 heavy (non-hydrogen) atoms. The van der Waals surface area contributed by atoms with Crippen LogP contribution in [0.2, 0.25) is 0 Å². The molecule has 0 radical (unpaired) electrons. The maximum atomic E-state index is 13.3. The molecule has 1 aliphatic carbocycles. The van der Waals surface area contributed by atoms with E-state index in [9.17, 15) is 9.59 Å². The Labute approximate surface area is 165 Å². The van der Waals surface area contributed by atoms with Crippen LogP contribution >= 0.6 is 0 Å². The molecule has 0 aromatic carbocycles. The molecule has 1 saturated carbocycles. The molecular weight excluding hydrogens is 352 g/mol. The Bertz CT molecular complexity index is 913. The maximum Gasteiger partial charge on any atom is 0.270 e. The van der Waals surface area contributed by atoms with Gasteiger partial charge in [0.1, 0.15) is 11.5 Å². The second-order valence-electron chi connectivity index (χ2n) is 8.06. The normalized spacial score (nSPS) is 24.6. The number of anilines is 1. The average molecular weight is 378 g/mol. The van der Waals surface area contributed by atoms with Crippen LogP contribution in [-0.2, 0) is 4.79 Å². The standard InChI is InChI=1S/C22H26N4O2/c1-15-6-3-9-18(23-15)20(27)25-17-8-5-11-22(14-17)12-13-26(21(22)28)19-10-4-7-16(2)24-19/h3-4,6-7,9-10,17H,5,8,11-14H2,1-2H3,(H,25,27). The molecule has 2 unspecified atom stereocenters. The van der Waals surface area contributed by atoms with Crippen molar-refractivity contribution in [2.45, 2.75) is 52.0 Å². The molecule has 2 aromatic heterocycles. The highest BCUT2D eigenvalue weighted by molar-refractivity contribution is 5.99. The van der Waals surface area contributed by atoms with Crippen molar-refractivity contribution >= 4 is 17.6 Å². The number of nitrogens with zero attached hydrogens (tertiary/aromatic N) is 3. The van der Waals surface area contributed by atoms with Crippen LogP contribution in [0.15, 0.2) is 36.4 Å². The molecule has 4 rings (SSSR count). The van der Waals surface area contributed by atoms with E-state index in [-0.39, 0.29) is 23.3 Å². The summed E-state index contributed by atoms with van der Waals surface area (Å²) in [5, 5.41) is 3.11. The van der Waals surface area contributed by atoms with E-state index >= 15 is 0 Å². The number of aromatic nitrogens is 2. The number of amides is 2. The minimum atomic E-state index is -0.387. The van der Waals surface area contributed by atoms with Crippen LogP contribution in [0.1, 0.15) is 54.0 Å². The lowest BCUT2D eigenvalue weighted by atomic mass is 9.71. The van der Waals surface area contributed by atoms with Gasteiger partial charge < -0.3 is 5.32 Å². The van der Waals surface area contributed by atoms with Gasteiger partial charge in [-0.25, -0.2) is 9.97 Å². The van der Waals surface area contributed by atoms with E-state index in [4.69, 9.17) is 0 Å². The van der Waals surface area contributed by atoms with Crippen LogP contribution in [0.25, 0.3) is 0 Å². The van der Waals surface area contributed by atoms with E-state index < -0.39 is 0 Å². The monoisotopic (exact) mass is 378 g/mol. The van der Waals surface area contributed by atoms with E-state index in [1.165, 1.54) is 0 Å². The summed E-state index contributed by atoms with van der Waals surface area (Å²) in [6, 6.07) is 11.2. The molecule has 2 amide bonds. The number of pyridine rings is 2. The second kappa shape index (κ2) is 7.34. The van der Waals surface area contributed by atoms with Gasteiger partial charge in [0.2, 0.25) is 5.91 Å². The average Bonchev–Trinajstić information content (AvgIpc) is 2.97. The molecule has 2 fully saturated rings. The van der Waals surface area contributed by atoms with Gasteiger partial charge in [0, 0.05) is 24.0 Å². The van der Waals surface area contributed by atoms with Crippen LogP contribution in [0.4, 0.5) is 5.82 Å². The first-order valence-electron chi connectivity index (χ1n) is 9.97. The smallest absolute Gasteiger partial charge is 0.270 e. The minimum absolute atomic E-state index is 0.00192. The van der Waals surface area contributed by atoms with Gasteiger partial charge in [-0.2, -0.15) is 0 Å². The number of carbonyl (C=O) groups is 2. The topological polar surface area (TPSA) is 75.2 Å². The summed E-state index contributed by atoms with van der Waals surface area (Å²) in [5.41, 5.74) is 1.77. The third-order valence-corrected chi connectivity index (χ3v) is 5.96. The number of carbonyl (C=O) groups excluding carboxylic acids is 2. The molecule has 0 bridgehead atoms. The Morgan fingerprint density at radius 3 is 2.61 bits per heavy atom. The van der Waals surface area contributed by atoms with Crippen molar-refractivity contribution < 1.29 is 9.59 Å². The van der Waals surface area contributed by atoms with Crippen molar-refractivity contribution in [3.05, 3.63) is 53.5 Å². The van der Waals surface area contributed by atoms with Crippen molar-refractivity contribution in [1.29, 1.82) is 0 Å². The van der Waals surface area contributed by atoms with Crippen molar-refractivity contribution in [3.8, 4) is 0 Å². The predicted molar refractivity (Wildman–Crippen MR) is 107 cm³/mol. The maximum absolute atomic E-state index is 13.3. The zero-order valence-electron chi connectivity index (χ0n) is 16.4. The first-order valence-corrected chi connectivity index (χ1v) is 9.97. The zero-order valence-corrected chi connectivity index (χ0v) is 16.4. The number of aryl methyl sites for hydroxylation is 2. The molecular formula is C22H26N4O2. The van der Waals surface area contributed by atoms with Crippen LogP contribution < -0.4 is 10.2 Å². The predicted octanol–water partition coefficient (Wildman–Crippen LogP) is 3.19. The van der Waals surface area contributed by atoms with Gasteiger partial charge in [-0.05, 0) is 63.8 Å². The quantitative estimate of drug-likeness (QED) is 0.890. The van der Waals surface area contributed by atoms with Crippen LogP contribution in [-0.4, -0.2) is 34.4 Å². The Morgan fingerprint density at radius 1 is 1.11 bits per heavy atom. The summed E-state index contributed by atoms with van der Waals surface area (Å²) >= 11 is 0. The van der Waals surface area contributed by atoms with Gasteiger partial charge in [0.05, 0.1) is 5.41 Å². The van der Waals surface area contributed by atoms with Gasteiger partial charge in [-0.15, -0.1) is 0 Å². The number of nitrogens with one attached hydrogen (secondary N) is 1. The number of hydrogen-bond donors (Lipinski definition) is 1. The fourth-order valence-electron chi connectivity index (χ4n) is 4.55. The zero-order chi connectivity index (χ0) is 19.7. The summed E-state index contributed by atoms with van der Waals surface area (Å²) in [5.74, 6) is 0.726. The van der Waals surface area contributed by atoms with Crippen LogP contribution in [0.5, 0.6) is 0 Å². The summed E-state index contributed by atoms with van der Waals surface area (Å²) in [7, 11) is 0. The van der Waals surface area contributed by atoms with Gasteiger partial charge in [0.25, 0.3) is 5.91 Å². The first kappa shape index (κ1) is 18.6. The van der Waals surface area contributed by atoms with E-state index in [0.717, 1.165) is 42.9 Å². The molecule has 1 saturated heterocycles. The van der Waals surface area contributed by atoms with Crippen molar-refractivity contribution in [2.75, 3.05) is 11.4 Å². The summed E-state index contributed by atoms with van der Waals surface area (Å²) in [6.45, 7) is 4.50. The third-order valence-electron chi connectivity index (χ3n) is 5.96. The van der Waals surface area contributed by atoms with Gasteiger partial charge in [-0.1, -0.05) is 18.6 Å². The third kappa shape index (κ3) is 3.51. The fourth-order valence-corrected chi connectivity index (χ4v) is 4.55. The molecule has 2 aliphatic rings. The Morgan fingerprint density at radius 2 is 1.86 bits per heavy atom. The molecule has 2 aromatic rings. The molecule has 146 valence electrons. The summed E-state index contributed by atoms with van der Waals surface area (Å²) in [4.78, 5) is 36.5. The molecule has 1 N–H and O–H groups in total. The van der Waals surface area contributed by atoms with E-state index in [1.54, 1.807) is 6.07 Å². The number of hydrogen-bond acceptors (Lipinski definition) is 4. The Balaban J connectivity index is 1.47. The van der Waals surface area contributed by atoms with Crippen molar-refractivity contribution in [1.82, 2.24) is 15.3 Å². The lowest BCUT2D eigenvalue weighted by molar-refractivity contribution is -0.127. The lowest BCUT2D eigenvalue weighted by Gasteiger charge is -2.36. The number of rotatable bonds is 3. The Kier molecular flexibility index (Phi) is 4.87. The highest BCUT2D eigenvalue weighted by atomic mass is 16.2. The van der Waals surface area contributed by atoms with E-state index in [1.807, 2.05) is 49.1 Å². The lowest BCUT2D eigenvalue weighted by Crippen LogP contribution is -2.46. The van der Waals surface area contributed by atoms with Crippen LogP contribution in [0, 0.1) is 19.3 Å². The first-order chi connectivity index (χ1) is 13.5. The Hall–Kier alpha value is -2.76. The van der Waals surface area contributed by atoms with Gasteiger partial charge in [-0.3, -0.25) is 14.5 Å². The largest absolute Gasteiger partial charge is 0.348 e. The molecule has 6 heteroatoms. The van der Waals surface area contributed by atoms with Crippen molar-refractivity contribution in [3.63, 3.8) is 0 Å². The SMILES string of the molecule is Cc1cccc(C(=O)NC2CCCC3(CCN(c4cccc(C)n4)C3=O)C2)n1. The molecule has 1 spiro atoms. The van der Waals surface area contributed by atoms with E-state index in [2.05, 4.69) is 15.3 Å². The minimum Gasteiger partial charge on any atom is -0.348 e. The van der Waals surface area contributed by atoms with E-state index in [0.29, 0.717) is 18.7 Å².